The Labute approximate surface area is 93.9 Å². The summed E-state index contributed by atoms with van der Waals surface area (Å²) in [5.74, 6) is -0.554. The molecule has 1 unspecified atom stereocenters. The van der Waals surface area contributed by atoms with Crippen LogP contribution < -0.4 is 0 Å². The van der Waals surface area contributed by atoms with Gasteiger partial charge >= 0.3 is 12.0 Å². The third-order valence-electron chi connectivity index (χ3n) is 1.99. The highest BCUT2D eigenvalue weighted by molar-refractivity contribution is 5.79. The van der Waals surface area contributed by atoms with Crippen molar-refractivity contribution in [2.45, 2.75) is 13.0 Å². The van der Waals surface area contributed by atoms with Crippen LogP contribution in [0, 0.1) is 17.9 Å². The van der Waals surface area contributed by atoms with E-state index in [0.717, 1.165) is 0 Å². The van der Waals surface area contributed by atoms with E-state index >= 15 is 0 Å². The van der Waals surface area contributed by atoms with Crippen molar-refractivity contribution >= 4 is 5.97 Å². The number of nitrogens with zero attached hydrogens (tertiary/aromatic N) is 2. The van der Waals surface area contributed by atoms with Crippen molar-refractivity contribution in [3.05, 3.63) is 46.8 Å². The molecule has 0 aliphatic heterocycles. The monoisotopic (exact) mass is 214 g/mol. The van der Waals surface area contributed by atoms with Gasteiger partial charge in [0.05, 0.1) is 18.2 Å². The van der Waals surface area contributed by atoms with E-state index in [-0.39, 0.29) is 6.61 Å². The van der Waals surface area contributed by atoms with Gasteiger partial charge in [0, 0.05) is 5.56 Å². The van der Waals surface area contributed by atoms with Crippen molar-refractivity contribution in [2.24, 2.45) is 0 Å². The number of esters is 1. The van der Waals surface area contributed by atoms with Gasteiger partial charge in [0.2, 0.25) is 0 Å². The van der Waals surface area contributed by atoms with Gasteiger partial charge in [-0.15, -0.1) is 0 Å². The van der Waals surface area contributed by atoms with Gasteiger partial charge in [0.1, 0.15) is 0 Å². The zero-order chi connectivity index (χ0) is 12.0. The van der Waals surface area contributed by atoms with E-state index in [1.54, 1.807) is 31.2 Å². The summed E-state index contributed by atoms with van der Waals surface area (Å²) < 4.78 is 4.79. The molecule has 0 spiro atoms. The predicted molar refractivity (Wildman–Crippen MR) is 57.1 cm³/mol. The number of hydrogen-bond acceptors (Lipinski definition) is 3. The molecule has 1 aromatic rings. The molecule has 0 heterocycles. The van der Waals surface area contributed by atoms with Crippen LogP contribution in [0.15, 0.2) is 24.3 Å². The van der Waals surface area contributed by atoms with Crippen LogP contribution in [0.4, 0.5) is 0 Å². The first-order valence-corrected chi connectivity index (χ1v) is 4.76. The molecule has 1 aromatic carbocycles. The topological polar surface area (TPSA) is 54.5 Å². The van der Waals surface area contributed by atoms with Gasteiger partial charge < -0.3 is 4.74 Å². The second-order valence-corrected chi connectivity index (χ2v) is 3.02. The number of rotatable bonds is 3. The number of carbonyl (C=O) groups excluding carboxylic acids is 1. The molecule has 4 heteroatoms. The summed E-state index contributed by atoms with van der Waals surface area (Å²) in [6, 6.07) is 7.38. The molecule has 0 aliphatic rings. The molecule has 0 saturated carbocycles. The van der Waals surface area contributed by atoms with Crippen LogP contribution in [-0.2, 0) is 9.53 Å². The molecule has 4 nitrogen and oxygen atoms in total. The third-order valence-corrected chi connectivity index (χ3v) is 1.99. The van der Waals surface area contributed by atoms with Crippen LogP contribution in [0.1, 0.15) is 24.1 Å². The minimum absolute atomic E-state index is 0.251. The molecule has 1 rings (SSSR count). The molecule has 0 aliphatic carbocycles. The van der Waals surface area contributed by atoms with Gasteiger partial charge in [-0.25, -0.2) is 11.4 Å². The van der Waals surface area contributed by atoms with E-state index in [2.05, 4.69) is 4.85 Å². The smallest absolute Gasteiger partial charge is 0.395 e. The highest BCUT2D eigenvalue weighted by Crippen LogP contribution is 2.19. The lowest BCUT2D eigenvalue weighted by Gasteiger charge is -2.04. The first-order chi connectivity index (χ1) is 7.72. The Hall–Kier alpha value is -2.33. The Bertz CT molecular complexity index is 451. The predicted octanol–water partition coefficient (Wildman–Crippen LogP) is 2.08. The Morgan fingerprint density at radius 1 is 1.56 bits per heavy atom. The second kappa shape index (κ2) is 5.53. The Kier molecular flexibility index (Phi) is 4.06. The van der Waals surface area contributed by atoms with E-state index in [4.69, 9.17) is 16.6 Å². The maximum atomic E-state index is 11.4. The third kappa shape index (κ3) is 2.59. The van der Waals surface area contributed by atoms with E-state index in [9.17, 15) is 4.79 Å². The molecule has 0 radical (unpaired) electrons. The quantitative estimate of drug-likeness (QED) is 0.571. The molecule has 0 fully saturated rings. The Morgan fingerprint density at radius 2 is 2.19 bits per heavy atom. The summed E-state index contributed by atoms with van der Waals surface area (Å²) in [6.07, 6.45) is 0. The van der Waals surface area contributed by atoms with Crippen LogP contribution in [-0.4, -0.2) is 12.6 Å². The van der Waals surface area contributed by atoms with E-state index in [1.165, 1.54) is 0 Å². The van der Waals surface area contributed by atoms with Crippen molar-refractivity contribution in [3.8, 4) is 6.07 Å². The van der Waals surface area contributed by atoms with Gasteiger partial charge in [-0.3, -0.25) is 4.85 Å². The van der Waals surface area contributed by atoms with Crippen LogP contribution in [0.3, 0.4) is 0 Å². The number of ether oxygens (including phenoxy) is 1. The number of nitriles is 1. The fraction of sp³-hybridized carbons (Fsp3) is 0.250. The first-order valence-electron chi connectivity index (χ1n) is 4.76. The molecule has 0 amide bonds. The maximum Gasteiger partial charge on any atom is 0.395 e. The standard InChI is InChI=1S/C12H10N2O2/c1-3-16-12(15)11(14-2)10-6-4-9(8-13)5-7-10/h4-7,11H,3H2,1H3. The number of hydrogen-bond donors (Lipinski definition) is 0. The summed E-state index contributed by atoms with van der Waals surface area (Å²) in [5, 5.41) is 8.62. The highest BCUT2D eigenvalue weighted by Gasteiger charge is 2.26. The molecule has 80 valence electrons. The molecule has 0 N–H and O–H groups in total. The van der Waals surface area contributed by atoms with Crippen molar-refractivity contribution in [1.29, 1.82) is 5.26 Å². The molecule has 16 heavy (non-hydrogen) atoms. The largest absolute Gasteiger partial charge is 0.460 e. The lowest BCUT2D eigenvalue weighted by Crippen LogP contribution is -2.12. The first kappa shape index (κ1) is 11.7. The van der Waals surface area contributed by atoms with E-state index in [1.807, 2.05) is 6.07 Å². The molecule has 0 saturated heterocycles. The lowest BCUT2D eigenvalue weighted by molar-refractivity contribution is -0.143. The van der Waals surface area contributed by atoms with E-state index in [0.29, 0.717) is 11.1 Å². The summed E-state index contributed by atoms with van der Waals surface area (Å²) >= 11 is 0. The summed E-state index contributed by atoms with van der Waals surface area (Å²) in [5.41, 5.74) is 1.05. The summed E-state index contributed by atoms with van der Waals surface area (Å²) in [6.45, 7) is 8.91. The van der Waals surface area contributed by atoms with Gasteiger partial charge in [0.15, 0.2) is 0 Å². The number of benzene rings is 1. The van der Waals surface area contributed by atoms with E-state index < -0.39 is 12.0 Å². The minimum Gasteiger partial charge on any atom is -0.460 e. The van der Waals surface area contributed by atoms with Crippen molar-refractivity contribution in [1.82, 2.24) is 0 Å². The average molecular weight is 214 g/mol. The summed E-state index contributed by atoms with van der Waals surface area (Å²) in [4.78, 5) is 14.7. The normalized spacial score (nSPS) is 10.9. The highest BCUT2D eigenvalue weighted by atomic mass is 16.5. The van der Waals surface area contributed by atoms with Gasteiger partial charge in [-0.1, -0.05) is 0 Å². The molecular weight excluding hydrogens is 204 g/mol. The lowest BCUT2D eigenvalue weighted by atomic mass is 10.1. The fourth-order valence-electron chi connectivity index (χ4n) is 1.22. The second-order valence-electron chi connectivity index (χ2n) is 3.02. The molecular formula is C12H10N2O2. The number of carbonyl (C=O) groups is 1. The Morgan fingerprint density at radius 3 is 2.62 bits per heavy atom. The van der Waals surface area contributed by atoms with Crippen molar-refractivity contribution in [2.75, 3.05) is 6.61 Å². The van der Waals surface area contributed by atoms with Crippen LogP contribution >= 0.6 is 0 Å². The van der Waals surface area contributed by atoms with Gasteiger partial charge in [-0.2, -0.15) is 5.26 Å². The fourth-order valence-corrected chi connectivity index (χ4v) is 1.22. The molecule has 0 bridgehead atoms. The van der Waals surface area contributed by atoms with Crippen LogP contribution in [0.2, 0.25) is 0 Å². The maximum absolute atomic E-state index is 11.4. The van der Waals surface area contributed by atoms with Crippen LogP contribution in [0.25, 0.3) is 4.85 Å². The molecule has 0 aromatic heterocycles. The summed E-state index contributed by atoms with van der Waals surface area (Å²) in [7, 11) is 0. The molecule has 1 atom stereocenters. The average Bonchev–Trinajstić information content (AvgIpc) is 2.31. The van der Waals surface area contributed by atoms with Crippen LogP contribution in [0.5, 0.6) is 0 Å². The SMILES string of the molecule is [C-]#[N+]C(C(=O)OCC)c1ccc(C#N)cc1. The Balaban J connectivity index is 2.93. The van der Waals surface area contributed by atoms with Crippen molar-refractivity contribution < 1.29 is 9.53 Å². The van der Waals surface area contributed by atoms with Gasteiger partial charge in [-0.05, 0) is 31.2 Å². The zero-order valence-electron chi connectivity index (χ0n) is 8.80. The minimum atomic E-state index is -0.937. The van der Waals surface area contributed by atoms with Gasteiger partial charge in [0.25, 0.3) is 0 Å². The zero-order valence-corrected chi connectivity index (χ0v) is 8.80. The van der Waals surface area contributed by atoms with Crippen molar-refractivity contribution in [3.63, 3.8) is 0 Å².